The summed E-state index contributed by atoms with van der Waals surface area (Å²) in [6.07, 6.45) is 6.57. The van der Waals surface area contributed by atoms with E-state index in [1.807, 2.05) is 5.48 Å². The van der Waals surface area contributed by atoms with Gasteiger partial charge in [0.15, 0.2) is 0 Å². The van der Waals surface area contributed by atoms with E-state index >= 15 is 0 Å². The quantitative estimate of drug-likeness (QED) is 0.294. The fourth-order valence-corrected chi connectivity index (χ4v) is 1.62. The van der Waals surface area contributed by atoms with Crippen LogP contribution in [-0.4, -0.2) is 37.5 Å². The highest BCUT2D eigenvalue weighted by atomic mass is 16.7. The summed E-state index contributed by atoms with van der Waals surface area (Å²) >= 11 is 0. The summed E-state index contributed by atoms with van der Waals surface area (Å²) in [4.78, 5) is 47.0. The Morgan fingerprint density at radius 2 is 1.62 bits per heavy atom. The first kappa shape index (κ1) is 19.2. The number of unbranched alkanes of at least 4 members (excludes halogenated alkanes) is 4. The Labute approximate surface area is 124 Å². The number of carbonyl (C=O) groups is 4. The van der Waals surface area contributed by atoms with Gasteiger partial charge in [0, 0.05) is 19.3 Å². The first-order valence-corrected chi connectivity index (χ1v) is 7.27. The summed E-state index contributed by atoms with van der Waals surface area (Å²) in [5.74, 6) is -0.944. The molecule has 0 atom stereocenters. The minimum atomic E-state index is -0.474. The van der Waals surface area contributed by atoms with Crippen LogP contribution in [0.25, 0.3) is 0 Å². The van der Waals surface area contributed by atoms with Crippen LogP contribution in [0.15, 0.2) is 0 Å². The molecule has 2 N–H and O–H groups in total. The number of carbonyl (C=O) groups excluding carboxylic acids is 4. The van der Waals surface area contributed by atoms with Crippen LogP contribution >= 0.6 is 0 Å². The first-order valence-electron chi connectivity index (χ1n) is 7.27. The van der Waals surface area contributed by atoms with Gasteiger partial charge < -0.3 is 19.7 Å². The monoisotopic (exact) mass is 300 g/mol. The molecule has 0 radical (unpaired) electrons. The molecule has 0 fully saturated rings. The lowest BCUT2D eigenvalue weighted by Gasteiger charge is -2.05. The molecule has 120 valence electrons. The van der Waals surface area contributed by atoms with Crippen molar-refractivity contribution in [2.75, 3.05) is 13.1 Å². The predicted molar refractivity (Wildman–Crippen MR) is 76.2 cm³/mol. The lowest BCUT2D eigenvalue weighted by molar-refractivity contribution is -0.158. The third kappa shape index (κ3) is 14.5. The van der Waals surface area contributed by atoms with Gasteiger partial charge in [-0.1, -0.05) is 19.3 Å². The Kier molecular flexibility index (Phi) is 13.4. The predicted octanol–water partition coefficient (Wildman–Crippen LogP) is 0.669. The smallest absolute Gasteiger partial charge is 0.332 e. The number of aldehydes is 2. The molecule has 0 aromatic heterocycles. The van der Waals surface area contributed by atoms with Crippen molar-refractivity contribution in [1.82, 2.24) is 10.8 Å². The van der Waals surface area contributed by atoms with Crippen LogP contribution in [0.3, 0.4) is 0 Å². The third-order valence-corrected chi connectivity index (χ3v) is 2.73. The Bertz CT molecular complexity index is 320. The number of hydroxylamine groups is 1. The summed E-state index contributed by atoms with van der Waals surface area (Å²) < 4.78 is 0. The van der Waals surface area contributed by atoms with E-state index in [4.69, 9.17) is 0 Å². The van der Waals surface area contributed by atoms with E-state index in [-0.39, 0.29) is 19.3 Å². The van der Waals surface area contributed by atoms with Crippen LogP contribution in [0, 0.1) is 0 Å². The van der Waals surface area contributed by atoms with Gasteiger partial charge in [0.25, 0.3) is 5.91 Å². The van der Waals surface area contributed by atoms with Gasteiger partial charge in [-0.05, 0) is 19.4 Å². The Hall–Kier alpha value is -1.76. The van der Waals surface area contributed by atoms with Crippen molar-refractivity contribution < 1.29 is 24.0 Å². The second-order valence-electron chi connectivity index (χ2n) is 4.59. The molecular formula is C14H24N2O5. The number of amides is 1. The molecule has 0 saturated carbocycles. The molecule has 0 spiro atoms. The number of hydrogen-bond acceptors (Lipinski definition) is 6. The lowest BCUT2D eigenvalue weighted by atomic mass is 10.1. The van der Waals surface area contributed by atoms with Crippen LogP contribution in [-0.2, 0) is 24.0 Å². The second kappa shape index (κ2) is 14.6. The lowest BCUT2D eigenvalue weighted by Crippen LogP contribution is -2.26. The summed E-state index contributed by atoms with van der Waals surface area (Å²) in [5.41, 5.74) is 2.01. The number of hydrogen-bond donors (Lipinski definition) is 2. The van der Waals surface area contributed by atoms with E-state index in [0.717, 1.165) is 38.5 Å². The van der Waals surface area contributed by atoms with Gasteiger partial charge in [-0.25, -0.2) is 4.79 Å². The van der Waals surface area contributed by atoms with Crippen molar-refractivity contribution in [2.24, 2.45) is 0 Å². The highest BCUT2D eigenvalue weighted by Gasteiger charge is 2.06. The van der Waals surface area contributed by atoms with E-state index in [1.54, 1.807) is 0 Å². The maximum atomic E-state index is 11.3. The van der Waals surface area contributed by atoms with E-state index in [0.29, 0.717) is 19.3 Å². The average molecular weight is 300 g/mol. The molecule has 0 saturated heterocycles. The SMILES string of the molecule is O=CCCC(=O)NOC(=O)CCCCCCCNCC=O. The molecule has 0 aromatic carbocycles. The minimum absolute atomic E-state index is 0.0227. The highest BCUT2D eigenvalue weighted by molar-refractivity contribution is 5.79. The molecule has 0 rings (SSSR count). The largest absolute Gasteiger partial charge is 0.341 e. The van der Waals surface area contributed by atoms with Crippen molar-refractivity contribution in [2.45, 2.75) is 51.4 Å². The van der Waals surface area contributed by atoms with Crippen molar-refractivity contribution in [1.29, 1.82) is 0 Å². The van der Waals surface area contributed by atoms with Gasteiger partial charge in [-0.2, -0.15) is 5.48 Å². The molecule has 0 aromatic rings. The first-order chi connectivity index (χ1) is 10.2. The summed E-state index contributed by atoms with van der Waals surface area (Å²) in [6, 6.07) is 0. The Morgan fingerprint density at radius 3 is 2.33 bits per heavy atom. The molecule has 7 heteroatoms. The van der Waals surface area contributed by atoms with Crippen LogP contribution in [0.4, 0.5) is 0 Å². The zero-order valence-electron chi connectivity index (χ0n) is 12.3. The van der Waals surface area contributed by atoms with Crippen molar-refractivity contribution >= 4 is 24.4 Å². The fraction of sp³-hybridized carbons (Fsp3) is 0.714. The number of rotatable bonds is 13. The molecule has 0 heterocycles. The molecule has 21 heavy (non-hydrogen) atoms. The topological polar surface area (TPSA) is 102 Å². The van der Waals surface area contributed by atoms with Crippen molar-refractivity contribution in [3.8, 4) is 0 Å². The van der Waals surface area contributed by atoms with Crippen LogP contribution in [0.1, 0.15) is 51.4 Å². The van der Waals surface area contributed by atoms with E-state index in [1.165, 1.54) is 0 Å². The summed E-state index contributed by atoms with van der Waals surface area (Å²) in [7, 11) is 0. The standard InChI is InChI=1S/C14H24N2O5/c17-11-6-7-13(19)16-21-14(20)8-4-2-1-3-5-9-15-10-12-18/h11-12,15H,1-10H2,(H,16,19). The maximum Gasteiger partial charge on any atom is 0.332 e. The molecule has 7 nitrogen and oxygen atoms in total. The minimum Gasteiger partial charge on any atom is -0.341 e. The van der Waals surface area contributed by atoms with Crippen LogP contribution < -0.4 is 10.8 Å². The summed E-state index contributed by atoms with van der Waals surface area (Å²) in [6.45, 7) is 1.22. The van der Waals surface area contributed by atoms with Gasteiger partial charge >= 0.3 is 5.97 Å². The van der Waals surface area contributed by atoms with Gasteiger partial charge in [0.2, 0.25) is 0 Å². The van der Waals surface area contributed by atoms with Crippen molar-refractivity contribution in [3.63, 3.8) is 0 Å². The zero-order chi connectivity index (χ0) is 15.8. The molecule has 0 aliphatic carbocycles. The molecule has 1 amide bonds. The highest BCUT2D eigenvalue weighted by Crippen LogP contribution is 2.05. The molecular weight excluding hydrogens is 276 g/mol. The molecule has 0 aliphatic heterocycles. The number of nitrogens with one attached hydrogen (secondary N) is 2. The Balaban J connectivity index is 3.31. The van der Waals surface area contributed by atoms with Gasteiger partial charge in [0.05, 0.1) is 6.54 Å². The molecule has 0 aliphatic rings. The summed E-state index contributed by atoms with van der Waals surface area (Å²) in [5, 5.41) is 2.98. The van der Waals surface area contributed by atoms with Gasteiger partial charge in [-0.3, -0.25) is 4.79 Å². The average Bonchev–Trinajstić information content (AvgIpc) is 2.49. The van der Waals surface area contributed by atoms with Crippen molar-refractivity contribution in [3.05, 3.63) is 0 Å². The van der Waals surface area contributed by atoms with Crippen LogP contribution in [0.2, 0.25) is 0 Å². The second-order valence-corrected chi connectivity index (χ2v) is 4.59. The maximum absolute atomic E-state index is 11.3. The molecule has 0 bridgehead atoms. The molecule has 0 unspecified atom stereocenters. The van der Waals surface area contributed by atoms with Crippen LogP contribution in [0.5, 0.6) is 0 Å². The van der Waals surface area contributed by atoms with E-state index in [9.17, 15) is 19.2 Å². The van der Waals surface area contributed by atoms with E-state index < -0.39 is 11.9 Å². The van der Waals surface area contributed by atoms with E-state index in [2.05, 4.69) is 10.2 Å². The van der Waals surface area contributed by atoms with Gasteiger partial charge in [-0.15, -0.1) is 0 Å². The Morgan fingerprint density at radius 1 is 0.905 bits per heavy atom. The zero-order valence-corrected chi connectivity index (χ0v) is 12.3. The normalized spacial score (nSPS) is 9.90. The fourth-order valence-electron chi connectivity index (χ4n) is 1.62. The third-order valence-electron chi connectivity index (χ3n) is 2.73. The van der Waals surface area contributed by atoms with Gasteiger partial charge in [0.1, 0.15) is 12.6 Å².